The SMILES string of the molecule is CC(C)=C(C)COC(C)(C)C=O. The molecule has 0 aromatic rings. The minimum absolute atomic E-state index is 0.536. The van der Waals surface area contributed by atoms with Gasteiger partial charge in [0.25, 0.3) is 0 Å². The van der Waals surface area contributed by atoms with Crippen molar-refractivity contribution in [3.05, 3.63) is 11.1 Å². The zero-order valence-corrected chi connectivity index (χ0v) is 8.60. The molecule has 0 aliphatic heterocycles. The Morgan fingerprint density at radius 3 is 2.17 bits per heavy atom. The van der Waals surface area contributed by atoms with Crippen molar-refractivity contribution in [3.8, 4) is 0 Å². The first-order valence-electron chi connectivity index (χ1n) is 4.12. The molecule has 0 unspecified atom stereocenters. The molecule has 0 atom stereocenters. The molecule has 0 N–H and O–H groups in total. The molecule has 0 saturated heterocycles. The summed E-state index contributed by atoms with van der Waals surface area (Å²) >= 11 is 0. The molecule has 2 nitrogen and oxygen atoms in total. The molecule has 0 aliphatic carbocycles. The number of ether oxygens (including phenoxy) is 1. The molecule has 0 aromatic heterocycles. The molecule has 0 fully saturated rings. The summed E-state index contributed by atoms with van der Waals surface area (Å²) in [6, 6.07) is 0. The van der Waals surface area contributed by atoms with E-state index in [-0.39, 0.29) is 0 Å². The first-order valence-corrected chi connectivity index (χ1v) is 4.12. The summed E-state index contributed by atoms with van der Waals surface area (Å²) in [5, 5.41) is 0. The zero-order chi connectivity index (χ0) is 9.78. The van der Waals surface area contributed by atoms with Crippen LogP contribution in [0, 0.1) is 0 Å². The van der Waals surface area contributed by atoms with Crippen LogP contribution in [0.5, 0.6) is 0 Å². The monoisotopic (exact) mass is 170 g/mol. The van der Waals surface area contributed by atoms with Gasteiger partial charge in [-0.2, -0.15) is 0 Å². The first-order chi connectivity index (χ1) is 5.39. The lowest BCUT2D eigenvalue weighted by molar-refractivity contribution is -0.125. The molecule has 70 valence electrons. The van der Waals surface area contributed by atoms with E-state index in [0.29, 0.717) is 6.61 Å². The van der Waals surface area contributed by atoms with Crippen molar-refractivity contribution in [2.24, 2.45) is 0 Å². The summed E-state index contributed by atoms with van der Waals surface area (Å²) in [7, 11) is 0. The molecule has 0 amide bonds. The Bertz CT molecular complexity index is 186. The molecular weight excluding hydrogens is 152 g/mol. The van der Waals surface area contributed by atoms with E-state index in [1.807, 2.05) is 20.8 Å². The fourth-order valence-electron chi connectivity index (χ4n) is 0.473. The molecule has 0 bridgehead atoms. The molecule has 0 aliphatic rings. The van der Waals surface area contributed by atoms with Crippen molar-refractivity contribution >= 4 is 6.29 Å². The number of hydrogen-bond acceptors (Lipinski definition) is 2. The van der Waals surface area contributed by atoms with E-state index >= 15 is 0 Å². The highest BCUT2D eigenvalue weighted by molar-refractivity contribution is 5.60. The number of carbonyl (C=O) groups excluding carboxylic acids is 1. The molecule has 0 rings (SSSR count). The maximum atomic E-state index is 10.5. The van der Waals surface area contributed by atoms with Crippen LogP contribution in [-0.2, 0) is 9.53 Å². The van der Waals surface area contributed by atoms with Crippen molar-refractivity contribution in [3.63, 3.8) is 0 Å². The Labute approximate surface area is 74.6 Å². The van der Waals surface area contributed by atoms with Crippen molar-refractivity contribution < 1.29 is 9.53 Å². The van der Waals surface area contributed by atoms with Gasteiger partial charge in [0.05, 0.1) is 6.61 Å². The lowest BCUT2D eigenvalue weighted by Crippen LogP contribution is -2.26. The van der Waals surface area contributed by atoms with E-state index in [2.05, 4.69) is 0 Å². The van der Waals surface area contributed by atoms with Crippen molar-refractivity contribution in [1.29, 1.82) is 0 Å². The van der Waals surface area contributed by atoms with Crippen LogP contribution in [0.3, 0.4) is 0 Å². The number of rotatable bonds is 4. The summed E-state index contributed by atoms with van der Waals surface area (Å²) in [6.45, 7) is 10.1. The highest BCUT2D eigenvalue weighted by atomic mass is 16.5. The Kier molecular flexibility index (Phi) is 4.18. The molecule has 12 heavy (non-hydrogen) atoms. The van der Waals surface area contributed by atoms with Crippen LogP contribution in [0.1, 0.15) is 34.6 Å². The first kappa shape index (κ1) is 11.4. The van der Waals surface area contributed by atoms with Gasteiger partial charge < -0.3 is 9.53 Å². The van der Waals surface area contributed by atoms with E-state index in [0.717, 1.165) is 6.29 Å². The summed E-state index contributed by atoms with van der Waals surface area (Å²) < 4.78 is 5.38. The largest absolute Gasteiger partial charge is 0.364 e. The van der Waals surface area contributed by atoms with Gasteiger partial charge in [-0.05, 0) is 40.2 Å². The van der Waals surface area contributed by atoms with Crippen molar-refractivity contribution in [2.75, 3.05) is 6.61 Å². The highest BCUT2D eigenvalue weighted by Crippen LogP contribution is 2.09. The van der Waals surface area contributed by atoms with E-state index in [4.69, 9.17) is 4.74 Å². The summed E-state index contributed by atoms with van der Waals surface area (Å²) in [5.74, 6) is 0. The van der Waals surface area contributed by atoms with Gasteiger partial charge in [0.15, 0.2) is 6.29 Å². The lowest BCUT2D eigenvalue weighted by atomic mass is 10.1. The third kappa shape index (κ3) is 4.29. The fourth-order valence-corrected chi connectivity index (χ4v) is 0.473. The molecule has 0 heterocycles. The molecular formula is C10H18O2. The topological polar surface area (TPSA) is 26.3 Å². The van der Waals surface area contributed by atoms with Gasteiger partial charge in [0.1, 0.15) is 5.60 Å². The number of hydrogen-bond donors (Lipinski definition) is 0. The second-order valence-corrected chi connectivity index (χ2v) is 3.79. The summed E-state index contributed by atoms with van der Waals surface area (Å²) in [5.41, 5.74) is 1.78. The summed E-state index contributed by atoms with van der Waals surface area (Å²) in [6.07, 6.45) is 0.825. The normalized spacial score (nSPS) is 11.1. The predicted molar refractivity (Wildman–Crippen MR) is 50.1 cm³/mol. The van der Waals surface area contributed by atoms with Gasteiger partial charge in [-0.25, -0.2) is 0 Å². The van der Waals surface area contributed by atoms with E-state index in [1.54, 1.807) is 13.8 Å². The molecule has 0 radical (unpaired) electrons. The van der Waals surface area contributed by atoms with E-state index < -0.39 is 5.60 Å². The minimum atomic E-state index is -0.656. The van der Waals surface area contributed by atoms with Gasteiger partial charge in [-0.3, -0.25) is 0 Å². The number of carbonyl (C=O) groups is 1. The van der Waals surface area contributed by atoms with Crippen molar-refractivity contribution in [1.82, 2.24) is 0 Å². The second kappa shape index (κ2) is 4.41. The highest BCUT2D eigenvalue weighted by Gasteiger charge is 2.16. The molecule has 0 spiro atoms. The minimum Gasteiger partial charge on any atom is -0.364 e. The fraction of sp³-hybridized carbons (Fsp3) is 0.700. The van der Waals surface area contributed by atoms with Gasteiger partial charge in [0, 0.05) is 0 Å². The quantitative estimate of drug-likeness (QED) is 0.478. The van der Waals surface area contributed by atoms with Crippen LogP contribution < -0.4 is 0 Å². The third-order valence-electron chi connectivity index (χ3n) is 1.80. The van der Waals surface area contributed by atoms with Gasteiger partial charge in [-0.15, -0.1) is 0 Å². The van der Waals surface area contributed by atoms with Crippen LogP contribution in [-0.4, -0.2) is 18.5 Å². The molecule has 0 saturated carbocycles. The van der Waals surface area contributed by atoms with Crippen LogP contribution in [0.4, 0.5) is 0 Å². The number of allylic oxidation sites excluding steroid dienone is 1. The van der Waals surface area contributed by atoms with E-state index in [9.17, 15) is 4.79 Å². The van der Waals surface area contributed by atoms with Crippen molar-refractivity contribution in [2.45, 2.75) is 40.2 Å². The average molecular weight is 170 g/mol. The van der Waals surface area contributed by atoms with Crippen LogP contribution in [0.2, 0.25) is 0 Å². The zero-order valence-electron chi connectivity index (χ0n) is 8.60. The van der Waals surface area contributed by atoms with Crippen LogP contribution in [0.25, 0.3) is 0 Å². The third-order valence-corrected chi connectivity index (χ3v) is 1.80. The number of aldehydes is 1. The predicted octanol–water partition coefficient (Wildman–Crippen LogP) is 2.34. The second-order valence-electron chi connectivity index (χ2n) is 3.79. The van der Waals surface area contributed by atoms with Gasteiger partial charge >= 0.3 is 0 Å². The molecule has 0 aromatic carbocycles. The Morgan fingerprint density at radius 1 is 1.33 bits per heavy atom. The van der Waals surface area contributed by atoms with Gasteiger partial charge in [0.2, 0.25) is 0 Å². The Morgan fingerprint density at radius 2 is 1.83 bits per heavy atom. The van der Waals surface area contributed by atoms with Crippen LogP contribution >= 0.6 is 0 Å². The van der Waals surface area contributed by atoms with Gasteiger partial charge in [-0.1, -0.05) is 5.57 Å². The maximum absolute atomic E-state index is 10.5. The maximum Gasteiger partial charge on any atom is 0.151 e. The van der Waals surface area contributed by atoms with Crippen LogP contribution in [0.15, 0.2) is 11.1 Å². The standard InChI is InChI=1S/C10H18O2/c1-8(2)9(3)6-12-10(4,5)7-11/h7H,6H2,1-5H3. The molecule has 2 heteroatoms. The van der Waals surface area contributed by atoms with E-state index in [1.165, 1.54) is 11.1 Å². The lowest BCUT2D eigenvalue weighted by Gasteiger charge is -2.18. The summed E-state index contributed by atoms with van der Waals surface area (Å²) in [4.78, 5) is 10.5. The Hall–Kier alpha value is -0.630. The average Bonchev–Trinajstić information content (AvgIpc) is 2.00. The smallest absolute Gasteiger partial charge is 0.151 e. The Balaban J connectivity index is 4.00.